The third-order valence-electron chi connectivity index (χ3n) is 6.24. The van der Waals surface area contributed by atoms with Crippen LogP contribution in [0.15, 0.2) is 72.8 Å². The van der Waals surface area contributed by atoms with Gasteiger partial charge in [-0.3, -0.25) is 14.5 Å². The van der Waals surface area contributed by atoms with Gasteiger partial charge in [0.2, 0.25) is 5.91 Å². The summed E-state index contributed by atoms with van der Waals surface area (Å²) in [6.07, 6.45) is 1.90. The highest BCUT2D eigenvalue weighted by atomic mass is 32.1. The number of hydrogen-bond acceptors (Lipinski definition) is 5. The molecule has 1 saturated heterocycles. The van der Waals surface area contributed by atoms with Crippen molar-refractivity contribution in [3.8, 4) is 10.6 Å². The highest BCUT2D eigenvalue weighted by Crippen LogP contribution is 2.31. The molecule has 3 aromatic carbocycles. The number of carbonyl (C=O) groups is 2. The Bertz CT molecular complexity index is 1310. The fourth-order valence-electron chi connectivity index (χ4n) is 4.31. The van der Waals surface area contributed by atoms with E-state index in [-0.39, 0.29) is 11.9 Å². The van der Waals surface area contributed by atoms with E-state index in [9.17, 15) is 9.59 Å². The molecule has 1 aromatic heterocycles. The molecular weight excluding hydrogens is 444 g/mol. The van der Waals surface area contributed by atoms with Crippen LogP contribution in [-0.4, -0.2) is 40.8 Å². The molecule has 2 amide bonds. The third kappa shape index (κ3) is 5.00. The predicted molar refractivity (Wildman–Crippen MR) is 136 cm³/mol. The summed E-state index contributed by atoms with van der Waals surface area (Å²) >= 11 is 1.53. The van der Waals surface area contributed by atoms with Crippen LogP contribution in [0.4, 0.5) is 0 Å². The van der Waals surface area contributed by atoms with Gasteiger partial charge in [-0.2, -0.15) is 0 Å². The molecule has 172 valence electrons. The van der Waals surface area contributed by atoms with E-state index in [1.807, 2.05) is 36.4 Å². The Balaban J connectivity index is 1.21. The van der Waals surface area contributed by atoms with Gasteiger partial charge in [0.15, 0.2) is 0 Å². The monoisotopic (exact) mass is 470 g/mol. The maximum Gasteiger partial charge on any atom is 0.251 e. The van der Waals surface area contributed by atoms with Crippen molar-refractivity contribution in [2.45, 2.75) is 25.4 Å². The van der Waals surface area contributed by atoms with Gasteiger partial charge in [0.1, 0.15) is 5.01 Å². The van der Waals surface area contributed by atoms with Crippen molar-refractivity contribution in [3.05, 3.63) is 89.5 Å². The molecule has 0 saturated carbocycles. The van der Waals surface area contributed by atoms with Crippen molar-refractivity contribution in [2.75, 3.05) is 13.1 Å². The lowest BCUT2D eigenvalue weighted by Gasteiger charge is -2.32. The zero-order valence-electron chi connectivity index (χ0n) is 18.7. The molecule has 7 heteroatoms. The number of aromatic nitrogens is 1. The Morgan fingerprint density at radius 2 is 1.68 bits per heavy atom. The van der Waals surface area contributed by atoms with Crippen LogP contribution in [0.5, 0.6) is 0 Å². The minimum absolute atomic E-state index is 0.0378. The number of nitrogens with zero attached hydrogens (tertiary/aromatic N) is 2. The average molecular weight is 471 g/mol. The first kappa shape index (κ1) is 22.3. The second-order valence-corrected chi connectivity index (χ2v) is 9.68. The van der Waals surface area contributed by atoms with Crippen LogP contribution in [0.3, 0.4) is 0 Å². The van der Waals surface area contributed by atoms with Gasteiger partial charge in [0.05, 0.1) is 10.2 Å². The number of nitrogens with two attached hydrogens (primary N) is 1. The minimum atomic E-state index is -0.451. The summed E-state index contributed by atoms with van der Waals surface area (Å²) in [4.78, 5) is 31.3. The number of hydrogen-bond donors (Lipinski definition) is 2. The number of benzene rings is 3. The summed E-state index contributed by atoms with van der Waals surface area (Å²) < 4.78 is 0.958. The molecule has 2 heterocycles. The molecule has 0 atom stereocenters. The molecule has 6 nitrogen and oxygen atoms in total. The molecular formula is C27H26N4O2S. The number of carbonyl (C=O) groups excluding carboxylic acids is 2. The topological polar surface area (TPSA) is 88.3 Å². The second kappa shape index (κ2) is 9.75. The van der Waals surface area contributed by atoms with E-state index < -0.39 is 5.91 Å². The normalized spacial score (nSPS) is 14.8. The van der Waals surface area contributed by atoms with Crippen LogP contribution < -0.4 is 11.1 Å². The molecule has 1 aliphatic rings. The SMILES string of the molecule is NC(=O)c1ccc(-c2nc3ccc(C(=O)NC4CCN(Cc5ccccc5)CC4)cc3s2)cc1. The quantitative estimate of drug-likeness (QED) is 0.436. The van der Waals surface area contributed by atoms with Crippen LogP contribution in [0.2, 0.25) is 0 Å². The molecule has 0 radical (unpaired) electrons. The number of amides is 2. The summed E-state index contributed by atoms with van der Waals surface area (Å²) in [7, 11) is 0. The number of primary amides is 1. The molecule has 1 aliphatic heterocycles. The third-order valence-corrected chi connectivity index (χ3v) is 7.31. The van der Waals surface area contributed by atoms with Gasteiger partial charge in [-0.05, 0) is 48.7 Å². The van der Waals surface area contributed by atoms with Crippen molar-refractivity contribution in [3.63, 3.8) is 0 Å². The first-order valence-corrected chi connectivity index (χ1v) is 12.2. The van der Waals surface area contributed by atoms with Crippen LogP contribution in [0, 0.1) is 0 Å². The van der Waals surface area contributed by atoms with E-state index in [4.69, 9.17) is 5.73 Å². The second-order valence-electron chi connectivity index (χ2n) is 8.65. The Hall–Kier alpha value is -3.55. The maximum absolute atomic E-state index is 12.9. The Labute approximate surface area is 202 Å². The standard InChI is InChI=1S/C27H26N4O2S/c28-25(32)19-6-8-20(9-7-19)27-30-23-11-10-21(16-24(23)34-27)26(33)29-22-12-14-31(15-13-22)17-18-4-2-1-3-5-18/h1-11,16,22H,12-15,17H2,(H2,28,32)(H,29,33). The van der Waals surface area contributed by atoms with Crippen LogP contribution in [-0.2, 0) is 6.54 Å². The number of nitrogens with one attached hydrogen (secondary N) is 1. The van der Waals surface area contributed by atoms with Gasteiger partial charge >= 0.3 is 0 Å². The summed E-state index contributed by atoms with van der Waals surface area (Å²) in [5, 5.41) is 4.06. The highest BCUT2D eigenvalue weighted by Gasteiger charge is 2.21. The summed E-state index contributed by atoms with van der Waals surface area (Å²) in [5.41, 5.74) is 9.53. The van der Waals surface area contributed by atoms with Crippen LogP contribution in [0.1, 0.15) is 39.1 Å². The van der Waals surface area contributed by atoms with Crippen LogP contribution >= 0.6 is 11.3 Å². The van der Waals surface area contributed by atoms with Crippen molar-refractivity contribution >= 4 is 33.4 Å². The van der Waals surface area contributed by atoms with Gasteiger partial charge in [-0.15, -0.1) is 11.3 Å². The number of rotatable bonds is 6. The molecule has 0 unspecified atom stereocenters. The molecule has 0 aliphatic carbocycles. The summed E-state index contributed by atoms with van der Waals surface area (Å²) in [5.74, 6) is -0.488. The van der Waals surface area contributed by atoms with Gasteiger partial charge in [0, 0.05) is 42.4 Å². The van der Waals surface area contributed by atoms with Crippen molar-refractivity contribution in [2.24, 2.45) is 5.73 Å². The number of thiazole rings is 1. The largest absolute Gasteiger partial charge is 0.366 e. The predicted octanol–water partition coefficient (Wildman–Crippen LogP) is 4.46. The minimum Gasteiger partial charge on any atom is -0.366 e. The van der Waals surface area contributed by atoms with E-state index in [0.29, 0.717) is 11.1 Å². The lowest BCUT2D eigenvalue weighted by Crippen LogP contribution is -2.44. The molecule has 0 bridgehead atoms. The molecule has 1 fully saturated rings. The summed E-state index contributed by atoms with van der Waals surface area (Å²) in [6.45, 7) is 2.91. The van der Waals surface area contributed by atoms with Crippen molar-refractivity contribution in [1.29, 1.82) is 0 Å². The lowest BCUT2D eigenvalue weighted by atomic mass is 10.0. The number of piperidine rings is 1. The first-order chi connectivity index (χ1) is 16.5. The van der Waals surface area contributed by atoms with Gasteiger partial charge in [-0.25, -0.2) is 4.98 Å². The van der Waals surface area contributed by atoms with Gasteiger partial charge in [0.25, 0.3) is 5.91 Å². The fraction of sp³-hybridized carbons (Fsp3) is 0.222. The Morgan fingerprint density at radius 1 is 0.971 bits per heavy atom. The van der Waals surface area contributed by atoms with E-state index >= 15 is 0 Å². The highest BCUT2D eigenvalue weighted by molar-refractivity contribution is 7.21. The van der Waals surface area contributed by atoms with Gasteiger partial charge < -0.3 is 11.1 Å². The van der Waals surface area contributed by atoms with E-state index in [1.54, 1.807) is 12.1 Å². The average Bonchev–Trinajstić information content (AvgIpc) is 3.29. The number of likely N-dealkylation sites (tertiary alicyclic amines) is 1. The zero-order valence-corrected chi connectivity index (χ0v) is 19.6. The van der Waals surface area contributed by atoms with Crippen molar-refractivity contribution < 1.29 is 9.59 Å². The molecule has 4 aromatic rings. The first-order valence-electron chi connectivity index (χ1n) is 11.4. The smallest absolute Gasteiger partial charge is 0.251 e. The van der Waals surface area contributed by atoms with Crippen molar-refractivity contribution in [1.82, 2.24) is 15.2 Å². The molecule has 0 spiro atoms. The fourth-order valence-corrected chi connectivity index (χ4v) is 5.32. The molecule has 34 heavy (non-hydrogen) atoms. The van der Waals surface area contributed by atoms with Gasteiger partial charge in [-0.1, -0.05) is 42.5 Å². The maximum atomic E-state index is 12.9. The van der Waals surface area contributed by atoms with E-state index in [1.165, 1.54) is 16.9 Å². The number of fused-ring (bicyclic) bond motifs is 1. The summed E-state index contributed by atoms with van der Waals surface area (Å²) in [6, 6.07) is 23.4. The zero-order chi connectivity index (χ0) is 23.5. The van der Waals surface area contributed by atoms with E-state index in [0.717, 1.165) is 53.3 Å². The lowest BCUT2D eigenvalue weighted by molar-refractivity contribution is 0.0908. The Morgan fingerprint density at radius 3 is 2.38 bits per heavy atom. The molecule has 5 rings (SSSR count). The van der Waals surface area contributed by atoms with E-state index in [2.05, 4.69) is 39.5 Å². The molecule has 3 N–H and O–H groups in total. The Kier molecular flexibility index (Phi) is 6.38. The van der Waals surface area contributed by atoms with Crippen LogP contribution in [0.25, 0.3) is 20.8 Å².